The van der Waals surface area contributed by atoms with E-state index in [1.165, 1.54) is 0 Å². The molecule has 0 saturated carbocycles. The first-order chi connectivity index (χ1) is 27.7. The summed E-state index contributed by atoms with van der Waals surface area (Å²) in [5.74, 6) is -0.563. The molecule has 3 aliphatic rings. The van der Waals surface area contributed by atoms with E-state index in [9.17, 15) is 24.3 Å². The number of aryl methyl sites for hydroxylation is 2. The number of carbonyl (C=O) groups excluding carboxylic acids is 4. The van der Waals surface area contributed by atoms with Crippen molar-refractivity contribution < 1.29 is 29.4 Å². The summed E-state index contributed by atoms with van der Waals surface area (Å²) in [5.41, 5.74) is 4.10. The molecule has 0 aliphatic carbocycles. The minimum absolute atomic E-state index is 0.0286. The van der Waals surface area contributed by atoms with Crippen molar-refractivity contribution in [3.63, 3.8) is 0 Å². The molecule has 4 heterocycles. The standard InChI is InChI=1S/C44H53N7O6/c1-3-20-49-31-41(55)50-38(27-33-14-17-35(53)18-15-33)44(57)48(30-39(50)51(49)40(54)19-16-32-10-5-4-6-11-32)28-34-12-9-13-36-37(29-45(2)42(34)36)43(56)47-24-22-46(23-25-47)21-7-8-26-52/h3-6,9-15,17-18,29,38-39,52-53H,1,7-8,16,19-28,30-31H2,2H3/t38-,39-/m0/s1. The molecular formula is C44H53N7O6. The van der Waals surface area contributed by atoms with E-state index < -0.39 is 12.2 Å². The van der Waals surface area contributed by atoms with E-state index >= 15 is 0 Å². The molecular weight excluding hydrogens is 723 g/mol. The summed E-state index contributed by atoms with van der Waals surface area (Å²) in [6.45, 7) is 8.31. The Morgan fingerprint density at radius 1 is 0.912 bits per heavy atom. The number of aromatic nitrogens is 1. The molecule has 0 bridgehead atoms. The quantitative estimate of drug-likeness (QED) is 0.147. The van der Waals surface area contributed by atoms with Gasteiger partial charge in [-0.1, -0.05) is 66.7 Å². The lowest BCUT2D eigenvalue weighted by atomic mass is 9.97. The van der Waals surface area contributed by atoms with Gasteiger partial charge in [-0.15, -0.1) is 6.58 Å². The molecule has 2 N–H and O–H groups in total. The average molecular weight is 776 g/mol. The van der Waals surface area contributed by atoms with Crippen LogP contribution in [0.4, 0.5) is 0 Å². The summed E-state index contributed by atoms with van der Waals surface area (Å²) >= 11 is 0. The first-order valence-electron chi connectivity index (χ1n) is 20.0. The van der Waals surface area contributed by atoms with Crippen molar-refractivity contribution in [2.45, 2.75) is 50.9 Å². The minimum Gasteiger partial charge on any atom is -0.508 e. The predicted octanol–water partition coefficient (Wildman–Crippen LogP) is 3.40. The Hall–Kier alpha value is -5.50. The summed E-state index contributed by atoms with van der Waals surface area (Å²) < 4.78 is 1.95. The highest BCUT2D eigenvalue weighted by Crippen LogP contribution is 2.32. The van der Waals surface area contributed by atoms with Crippen molar-refractivity contribution >= 4 is 34.5 Å². The monoisotopic (exact) mass is 775 g/mol. The predicted molar refractivity (Wildman–Crippen MR) is 217 cm³/mol. The van der Waals surface area contributed by atoms with Gasteiger partial charge in [-0.25, -0.2) is 10.0 Å². The molecule has 3 fully saturated rings. The fourth-order valence-corrected chi connectivity index (χ4v) is 8.62. The number of aliphatic hydroxyl groups excluding tert-OH is 1. The smallest absolute Gasteiger partial charge is 0.256 e. The zero-order valence-corrected chi connectivity index (χ0v) is 32.7. The molecule has 0 unspecified atom stereocenters. The van der Waals surface area contributed by atoms with Crippen molar-refractivity contribution in [2.75, 3.05) is 59.0 Å². The molecule has 57 heavy (non-hydrogen) atoms. The third-order valence-electron chi connectivity index (χ3n) is 11.5. The number of rotatable bonds is 14. The zero-order chi connectivity index (χ0) is 40.1. The molecule has 2 atom stereocenters. The minimum atomic E-state index is -0.900. The van der Waals surface area contributed by atoms with Crippen LogP contribution in [0.1, 0.15) is 46.3 Å². The number of benzene rings is 3. The van der Waals surface area contributed by atoms with Gasteiger partial charge in [0.05, 0.1) is 24.2 Å². The topological polar surface area (TPSA) is 133 Å². The number of unbranched alkanes of at least 4 members (excludes halogenated alkanes) is 1. The Labute approximate surface area is 333 Å². The molecule has 3 aromatic carbocycles. The van der Waals surface area contributed by atoms with Crippen LogP contribution >= 0.6 is 0 Å². The molecule has 4 aromatic rings. The van der Waals surface area contributed by atoms with Crippen LogP contribution in [0.25, 0.3) is 10.9 Å². The van der Waals surface area contributed by atoms with Gasteiger partial charge < -0.3 is 29.5 Å². The van der Waals surface area contributed by atoms with Crippen molar-refractivity contribution in [3.05, 3.63) is 114 Å². The van der Waals surface area contributed by atoms with Crippen LogP contribution in [0.3, 0.4) is 0 Å². The second kappa shape index (κ2) is 17.7. The van der Waals surface area contributed by atoms with Gasteiger partial charge in [0.1, 0.15) is 18.0 Å². The van der Waals surface area contributed by atoms with Gasteiger partial charge in [-0.05, 0) is 54.6 Å². The van der Waals surface area contributed by atoms with Gasteiger partial charge in [0.25, 0.3) is 5.91 Å². The number of hydrogen-bond donors (Lipinski definition) is 2. The summed E-state index contributed by atoms with van der Waals surface area (Å²) in [6, 6.07) is 21.4. The van der Waals surface area contributed by atoms with Crippen LogP contribution in [-0.4, -0.2) is 139 Å². The lowest BCUT2D eigenvalue weighted by molar-refractivity contribution is -0.205. The molecule has 7 rings (SSSR count). The maximum absolute atomic E-state index is 14.7. The van der Waals surface area contributed by atoms with Crippen LogP contribution in [0.5, 0.6) is 5.75 Å². The normalized spacial score (nSPS) is 19.3. The molecule has 1 aromatic heterocycles. The van der Waals surface area contributed by atoms with Gasteiger partial charge in [-0.2, -0.15) is 0 Å². The number of carbonyl (C=O) groups is 4. The van der Waals surface area contributed by atoms with Crippen LogP contribution < -0.4 is 0 Å². The number of piperazine rings is 2. The maximum atomic E-state index is 14.7. The first kappa shape index (κ1) is 39.7. The summed E-state index contributed by atoms with van der Waals surface area (Å²) in [6.07, 6.45) is 5.42. The lowest BCUT2D eigenvalue weighted by Gasteiger charge is -2.55. The fraction of sp³-hybridized carbons (Fsp3) is 0.409. The largest absolute Gasteiger partial charge is 0.508 e. The zero-order valence-electron chi connectivity index (χ0n) is 32.7. The highest BCUT2D eigenvalue weighted by atomic mass is 16.3. The van der Waals surface area contributed by atoms with Crippen molar-refractivity contribution in [1.82, 2.24) is 34.2 Å². The van der Waals surface area contributed by atoms with Crippen LogP contribution in [0.15, 0.2) is 91.6 Å². The molecule has 13 nitrogen and oxygen atoms in total. The Morgan fingerprint density at radius 3 is 2.39 bits per heavy atom. The Morgan fingerprint density at radius 2 is 1.67 bits per heavy atom. The number of nitrogens with zero attached hydrogens (tertiary/aromatic N) is 7. The number of hydrazine groups is 1. The number of para-hydroxylation sites is 1. The Balaban J connectivity index is 1.19. The highest BCUT2D eigenvalue weighted by Gasteiger charge is 2.51. The third kappa shape index (κ3) is 8.60. The van der Waals surface area contributed by atoms with E-state index in [2.05, 4.69) is 11.5 Å². The second-order valence-corrected chi connectivity index (χ2v) is 15.3. The van der Waals surface area contributed by atoms with Gasteiger partial charge in [-0.3, -0.25) is 24.1 Å². The van der Waals surface area contributed by atoms with Gasteiger partial charge >= 0.3 is 0 Å². The van der Waals surface area contributed by atoms with Crippen LogP contribution in [0.2, 0.25) is 0 Å². The van der Waals surface area contributed by atoms with Crippen molar-refractivity contribution in [3.8, 4) is 5.75 Å². The second-order valence-electron chi connectivity index (χ2n) is 15.3. The number of amides is 4. The van der Waals surface area contributed by atoms with E-state index in [0.717, 1.165) is 60.1 Å². The SMILES string of the molecule is C=CCN1CC(=O)N2[C@@H](Cc3ccc(O)cc3)C(=O)N(Cc3cccc4c(C(=O)N5CCN(CCCCO)CC5)cn(C)c34)C[C@@H]2N1C(=O)CCc1ccccc1. The van der Waals surface area contributed by atoms with Gasteiger partial charge in [0, 0.05) is 77.3 Å². The number of hydrogen-bond acceptors (Lipinski definition) is 8. The lowest BCUT2D eigenvalue weighted by Crippen LogP contribution is -2.75. The average Bonchev–Trinajstić information content (AvgIpc) is 3.56. The van der Waals surface area contributed by atoms with E-state index in [-0.39, 0.29) is 75.0 Å². The molecule has 13 heteroatoms. The molecule has 300 valence electrons. The number of phenolic OH excluding ortho intramolecular Hbond substituents is 1. The van der Waals surface area contributed by atoms with E-state index in [1.807, 2.05) is 71.2 Å². The maximum Gasteiger partial charge on any atom is 0.256 e. The molecule has 3 aliphatic heterocycles. The molecule has 3 saturated heterocycles. The number of phenols is 1. The first-order valence-corrected chi connectivity index (χ1v) is 20.0. The summed E-state index contributed by atoms with van der Waals surface area (Å²) in [5, 5.41) is 23.4. The number of aromatic hydroxyl groups is 1. The van der Waals surface area contributed by atoms with Crippen molar-refractivity contribution in [1.29, 1.82) is 0 Å². The van der Waals surface area contributed by atoms with E-state index in [1.54, 1.807) is 50.2 Å². The molecule has 4 amide bonds. The Bertz CT molecular complexity index is 2080. The summed E-state index contributed by atoms with van der Waals surface area (Å²) in [7, 11) is 1.91. The molecule has 0 radical (unpaired) electrons. The van der Waals surface area contributed by atoms with Gasteiger partial charge in [0.2, 0.25) is 17.7 Å². The number of aliphatic hydroxyl groups is 1. The number of fused-ring (bicyclic) bond motifs is 2. The van der Waals surface area contributed by atoms with Crippen LogP contribution in [-0.2, 0) is 40.8 Å². The van der Waals surface area contributed by atoms with E-state index in [4.69, 9.17) is 5.11 Å². The van der Waals surface area contributed by atoms with Crippen LogP contribution in [0, 0.1) is 0 Å². The van der Waals surface area contributed by atoms with E-state index in [0.29, 0.717) is 25.1 Å². The van der Waals surface area contributed by atoms with Gasteiger partial charge in [0.15, 0.2) is 0 Å². The van der Waals surface area contributed by atoms with Crippen molar-refractivity contribution in [2.24, 2.45) is 7.05 Å². The third-order valence-corrected chi connectivity index (χ3v) is 11.5. The Kier molecular flexibility index (Phi) is 12.4. The fourth-order valence-electron chi connectivity index (χ4n) is 8.62. The molecule has 0 spiro atoms. The highest BCUT2D eigenvalue weighted by molar-refractivity contribution is 6.07. The summed E-state index contributed by atoms with van der Waals surface area (Å²) in [4.78, 5) is 64.6.